The number of anilines is 1. The van der Waals surface area contributed by atoms with Crippen molar-refractivity contribution in [2.45, 2.75) is 21.8 Å². The second kappa shape index (κ2) is 8.39. The predicted octanol–water partition coefficient (Wildman–Crippen LogP) is 4.01. The molecule has 2 aromatic carbocycles. The van der Waals surface area contributed by atoms with Crippen LogP contribution in [0, 0.1) is 0 Å². The summed E-state index contributed by atoms with van der Waals surface area (Å²) < 4.78 is 51.8. The third kappa shape index (κ3) is 4.00. The first-order chi connectivity index (χ1) is 14.6. The molecule has 0 aromatic heterocycles. The van der Waals surface area contributed by atoms with E-state index >= 15 is 0 Å². The van der Waals surface area contributed by atoms with Gasteiger partial charge in [0.15, 0.2) is 14.6 Å². The molecule has 0 fully saturated rings. The van der Waals surface area contributed by atoms with E-state index < -0.39 is 34.8 Å². The summed E-state index contributed by atoms with van der Waals surface area (Å²) in [5, 5.41) is 3.58. The van der Waals surface area contributed by atoms with E-state index in [0.29, 0.717) is 0 Å². The van der Waals surface area contributed by atoms with Gasteiger partial charge in [-0.25, -0.2) is 22.0 Å². The van der Waals surface area contributed by atoms with Crippen molar-refractivity contribution in [1.29, 1.82) is 0 Å². The normalized spacial score (nSPS) is 21.8. The third-order valence-corrected chi connectivity index (χ3v) is 10.4. The topological polar surface area (TPSA) is 146 Å². The first-order valence-electron chi connectivity index (χ1n) is 8.75. The minimum absolute atomic E-state index is 0.0274. The largest absolute Gasteiger partial charge is 0.399 e. The Hall–Kier alpha value is -1.46. The number of nitrogens with two attached hydrogens (primary N) is 3. The van der Waals surface area contributed by atoms with Gasteiger partial charge in [0.25, 0.3) is 0 Å². The van der Waals surface area contributed by atoms with Crippen LogP contribution in [-0.4, -0.2) is 22.1 Å². The van der Waals surface area contributed by atoms with Gasteiger partial charge in [-0.1, -0.05) is 52.0 Å². The fourth-order valence-electron chi connectivity index (χ4n) is 3.81. The fourth-order valence-corrected chi connectivity index (χ4v) is 9.15. The molecule has 7 nitrogen and oxygen atoms in total. The Morgan fingerprint density at radius 3 is 2.12 bits per heavy atom. The number of allylic oxidation sites excluding steroid dienone is 1. The molecule has 0 saturated carbocycles. The van der Waals surface area contributed by atoms with Crippen LogP contribution in [0.4, 0.5) is 5.69 Å². The number of rotatable bonds is 4. The molecule has 0 spiro atoms. The quantitative estimate of drug-likeness (QED) is 0.485. The summed E-state index contributed by atoms with van der Waals surface area (Å²) in [4.78, 5) is -0.434. The SMILES string of the molecule is CC1=CC(N)=CC(c2cc(Cl)ccc2Cl)(S(N)(=O)=O)C1S(=O)(=O)c1cc(Cl)c(N)cc1Cl. The second-order valence-electron chi connectivity index (χ2n) is 7.22. The minimum Gasteiger partial charge on any atom is -0.399 e. The third-order valence-electron chi connectivity index (χ3n) is 5.07. The monoisotopic (exact) mass is 555 g/mol. The maximum atomic E-state index is 13.9. The summed E-state index contributed by atoms with van der Waals surface area (Å²) in [5.41, 5.74) is 11.6. The van der Waals surface area contributed by atoms with Crippen LogP contribution in [0.2, 0.25) is 20.1 Å². The van der Waals surface area contributed by atoms with E-state index in [-0.39, 0.29) is 42.6 Å². The van der Waals surface area contributed by atoms with Gasteiger partial charge in [0.2, 0.25) is 10.0 Å². The van der Waals surface area contributed by atoms with Crippen LogP contribution in [0.1, 0.15) is 12.5 Å². The Kier molecular flexibility index (Phi) is 6.60. The summed E-state index contributed by atoms with van der Waals surface area (Å²) in [7, 11) is -9.31. The van der Waals surface area contributed by atoms with E-state index in [4.69, 9.17) is 63.0 Å². The summed E-state index contributed by atoms with van der Waals surface area (Å²) >= 11 is 24.7. The minimum atomic E-state index is -4.74. The molecule has 0 saturated heterocycles. The van der Waals surface area contributed by atoms with Crippen LogP contribution < -0.4 is 16.6 Å². The first-order valence-corrected chi connectivity index (χ1v) is 13.4. The lowest BCUT2D eigenvalue weighted by Gasteiger charge is -2.40. The highest BCUT2D eigenvalue weighted by atomic mass is 35.5. The molecular weight excluding hydrogens is 540 g/mol. The number of primary sulfonamides is 1. The zero-order valence-corrected chi connectivity index (χ0v) is 21.0. The average Bonchev–Trinajstić information content (AvgIpc) is 2.64. The Morgan fingerprint density at radius 1 is 0.906 bits per heavy atom. The van der Waals surface area contributed by atoms with Gasteiger partial charge < -0.3 is 11.5 Å². The Morgan fingerprint density at radius 2 is 1.53 bits per heavy atom. The Labute approximate surface area is 205 Å². The molecule has 0 radical (unpaired) electrons. The molecule has 0 heterocycles. The molecule has 2 atom stereocenters. The van der Waals surface area contributed by atoms with Crippen LogP contribution in [0.15, 0.2) is 58.6 Å². The van der Waals surface area contributed by atoms with E-state index in [1.807, 2.05) is 0 Å². The van der Waals surface area contributed by atoms with Crippen molar-refractivity contribution in [3.8, 4) is 0 Å². The van der Waals surface area contributed by atoms with Crippen LogP contribution in [-0.2, 0) is 24.6 Å². The lowest BCUT2D eigenvalue weighted by atomic mass is 9.86. The van der Waals surface area contributed by atoms with Gasteiger partial charge in [0, 0.05) is 21.3 Å². The maximum Gasteiger partial charge on any atom is 0.224 e. The van der Waals surface area contributed by atoms with E-state index in [2.05, 4.69) is 0 Å². The molecule has 32 heavy (non-hydrogen) atoms. The number of hydrogen-bond acceptors (Lipinski definition) is 6. The number of benzene rings is 2. The van der Waals surface area contributed by atoms with E-state index in [1.54, 1.807) is 0 Å². The zero-order valence-electron chi connectivity index (χ0n) is 16.3. The van der Waals surface area contributed by atoms with Gasteiger partial charge in [-0.2, -0.15) is 0 Å². The Bertz CT molecular complexity index is 1410. The van der Waals surface area contributed by atoms with E-state index in [0.717, 1.165) is 18.2 Å². The molecule has 3 rings (SSSR count). The van der Waals surface area contributed by atoms with Crippen molar-refractivity contribution < 1.29 is 16.8 Å². The molecule has 0 aliphatic heterocycles. The highest BCUT2D eigenvalue weighted by Crippen LogP contribution is 2.49. The van der Waals surface area contributed by atoms with Crippen molar-refractivity contribution >= 4 is 72.0 Å². The molecule has 1 aliphatic carbocycles. The van der Waals surface area contributed by atoms with Crippen molar-refractivity contribution in [2.24, 2.45) is 10.9 Å². The summed E-state index contributed by atoms with van der Waals surface area (Å²) in [5.74, 6) is 0. The molecule has 2 unspecified atom stereocenters. The van der Waals surface area contributed by atoms with E-state index in [9.17, 15) is 16.8 Å². The molecule has 13 heteroatoms. The zero-order chi connectivity index (χ0) is 24.2. The van der Waals surface area contributed by atoms with Crippen LogP contribution >= 0.6 is 46.4 Å². The van der Waals surface area contributed by atoms with Gasteiger partial charge in [-0.3, -0.25) is 0 Å². The smallest absolute Gasteiger partial charge is 0.224 e. The Balaban J connectivity index is 2.50. The molecule has 2 aromatic rings. The lowest BCUT2D eigenvalue weighted by molar-refractivity contribution is 0.534. The van der Waals surface area contributed by atoms with E-state index in [1.165, 1.54) is 31.2 Å². The predicted molar refractivity (Wildman–Crippen MR) is 129 cm³/mol. The van der Waals surface area contributed by atoms with Crippen LogP contribution in [0.3, 0.4) is 0 Å². The highest BCUT2D eigenvalue weighted by molar-refractivity contribution is 7.95. The van der Waals surface area contributed by atoms with Gasteiger partial charge in [0.05, 0.1) is 20.6 Å². The standard InChI is InChI=1S/C19H17Cl4N3O4S2/c1-9-4-11(24)8-19(32(26,29)30,12-5-10(20)2-3-13(12)21)18(9)31(27,28)17-7-14(22)16(25)6-15(17)23/h2-8,18H,24-25H2,1H3,(H2,26,29,30). The number of halogens is 4. The fraction of sp³-hybridized carbons (Fsp3) is 0.158. The van der Waals surface area contributed by atoms with Crippen molar-refractivity contribution in [3.63, 3.8) is 0 Å². The van der Waals surface area contributed by atoms with Gasteiger partial charge in [-0.05, 0) is 49.4 Å². The van der Waals surface area contributed by atoms with Crippen molar-refractivity contribution in [2.75, 3.05) is 5.73 Å². The number of hydrogen-bond donors (Lipinski definition) is 3. The average molecular weight is 557 g/mol. The summed E-state index contributed by atoms with van der Waals surface area (Å²) in [6, 6.07) is 6.20. The van der Waals surface area contributed by atoms with Gasteiger partial charge in [-0.15, -0.1) is 0 Å². The number of sulfonamides is 1. The molecule has 6 N–H and O–H groups in total. The highest BCUT2D eigenvalue weighted by Gasteiger charge is 2.58. The maximum absolute atomic E-state index is 13.9. The second-order valence-corrected chi connectivity index (χ2v) is 12.6. The number of nitrogen functional groups attached to an aromatic ring is 1. The van der Waals surface area contributed by atoms with Crippen LogP contribution in [0.25, 0.3) is 0 Å². The molecule has 0 bridgehead atoms. The molecule has 0 amide bonds. The summed E-state index contributed by atoms with van der Waals surface area (Å²) in [6.07, 6.45) is 2.37. The van der Waals surface area contributed by atoms with Crippen LogP contribution in [0.5, 0.6) is 0 Å². The van der Waals surface area contributed by atoms with Crippen molar-refractivity contribution in [3.05, 3.63) is 79.4 Å². The van der Waals surface area contributed by atoms with Crippen molar-refractivity contribution in [1.82, 2.24) is 0 Å². The number of sulfone groups is 1. The van der Waals surface area contributed by atoms with Gasteiger partial charge >= 0.3 is 0 Å². The van der Waals surface area contributed by atoms with Gasteiger partial charge in [0.1, 0.15) is 5.25 Å². The molecular formula is C19H17Cl4N3O4S2. The molecule has 1 aliphatic rings. The molecule has 172 valence electrons. The summed E-state index contributed by atoms with van der Waals surface area (Å²) in [6.45, 7) is 1.41. The first kappa shape index (κ1) is 25.2. The lowest BCUT2D eigenvalue weighted by Crippen LogP contribution is -2.54.